The average Bonchev–Trinajstić information content (AvgIpc) is 2.80. The maximum Gasteiger partial charge on any atom is 0.321 e. The van der Waals surface area contributed by atoms with E-state index in [1.807, 2.05) is 53.4 Å². The van der Waals surface area contributed by atoms with Crippen LogP contribution in [0, 0.1) is 0 Å². The number of carbonyl (C=O) groups is 1. The summed E-state index contributed by atoms with van der Waals surface area (Å²) in [6.07, 6.45) is 0. The number of carbonyl (C=O) groups excluding carboxylic acids is 1. The Morgan fingerprint density at radius 3 is 2.16 bits per heavy atom. The number of nitrogens with zero attached hydrogens (tertiary/aromatic N) is 4. The van der Waals surface area contributed by atoms with Gasteiger partial charge in [0.15, 0.2) is 5.82 Å². The van der Waals surface area contributed by atoms with Crippen LogP contribution < -0.4 is 10.2 Å². The van der Waals surface area contributed by atoms with Crippen LogP contribution in [-0.4, -0.2) is 47.3 Å². The summed E-state index contributed by atoms with van der Waals surface area (Å²) < 4.78 is 0. The highest BCUT2D eigenvalue weighted by Gasteiger charge is 2.22. The molecule has 0 atom stereocenters. The van der Waals surface area contributed by atoms with Gasteiger partial charge in [-0.15, -0.1) is 10.2 Å². The Morgan fingerprint density at radius 2 is 1.58 bits per heavy atom. The van der Waals surface area contributed by atoms with Crippen LogP contribution in [0.5, 0.6) is 0 Å². The van der Waals surface area contributed by atoms with Gasteiger partial charge in [-0.2, -0.15) is 0 Å². The fourth-order valence-electron chi connectivity index (χ4n) is 3.56. The number of rotatable bonds is 4. The summed E-state index contributed by atoms with van der Waals surface area (Å²) in [6.45, 7) is 7.02. The summed E-state index contributed by atoms with van der Waals surface area (Å²) in [5.74, 6) is 1.29. The monoisotopic (exact) mass is 435 g/mol. The van der Waals surface area contributed by atoms with E-state index in [-0.39, 0.29) is 6.03 Å². The summed E-state index contributed by atoms with van der Waals surface area (Å²) in [5.41, 5.74) is 3.86. The second kappa shape index (κ2) is 9.35. The van der Waals surface area contributed by atoms with Crippen molar-refractivity contribution in [2.45, 2.75) is 19.8 Å². The zero-order valence-corrected chi connectivity index (χ0v) is 18.5. The van der Waals surface area contributed by atoms with E-state index in [1.165, 1.54) is 5.56 Å². The van der Waals surface area contributed by atoms with Crippen LogP contribution in [0.4, 0.5) is 16.3 Å². The van der Waals surface area contributed by atoms with Crippen molar-refractivity contribution in [2.75, 3.05) is 36.4 Å². The van der Waals surface area contributed by atoms with Crippen molar-refractivity contribution in [3.8, 4) is 11.3 Å². The second-order valence-corrected chi connectivity index (χ2v) is 8.40. The SMILES string of the molecule is CC(C)c1ccc(NC(=O)N2CCN(c3ccc(-c4ccc(Cl)cc4)nn3)CC2)cc1. The third kappa shape index (κ3) is 5.14. The first kappa shape index (κ1) is 21.1. The molecule has 4 rings (SSSR count). The molecule has 31 heavy (non-hydrogen) atoms. The molecule has 1 fully saturated rings. The molecule has 2 amide bonds. The van der Waals surface area contributed by atoms with Crippen LogP contribution in [0.15, 0.2) is 60.7 Å². The molecule has 3 aromatic rings. The number of benzene rings is 2. The normalized spacial score (nSPS) is 14.1. The van der Waals surface area contributed by atoms with Gasteiger partial charge in [0.25, 0.3) is 0 Å². The molecule has 0 radical (unpaired) electrons. The lowest BCUT2D eigenvalue weighted by Gasteiger charge is -2.35. The molecular formula is C24H26ClN5O. The summed E-state index contributed by atoms with van der Waals surface area (Å²) in [6, 6.07) is 19.5. The molecule has 1 aromatic heterocycles. The van der Waals surface area contributed by atoms with Crippen LogP contribution in [0.25, 0.3) is 11.3 Å². The number of anilines is 2. The number of aromatic nitrogens is 2. The molecule has 0 saturated carbocycles. The second-order valence-electron chi connectivity index (χ2n) is 7.96. The van der Waals surface area contributed by atoms with E-state index in [0.717, 1.165) is 22.8 Å². The standard InChI is InChI=1S/C24H26ClN5O/c1-17(2)18-5-9-21(10-6-18)26-24(31)30-15-13-29(14-16-30)23-12-11-22(27-28-23)19-3-7-20(25)8-4-19/h3-12,17H,13-16H2,1-2H3,(H,26,31). The highest BCUT2D eigenvalue weighted by molar-refractivity contribution is 6.30. The fourth-order valence-corrected chi connectivity index (χ4v) is 3.69. The van der Waals surface area contributed by atoms with Crippen molar-refractivity contribution >= 4 is 29.1 Å². The Hall–Kier alpha value is -3.12. The molecule has 1 N–H and O–H groups in total. The number of halogens is 1. The number of urea groups is 1. The van der Waals surface area contributed by atoms with E-state index in [1.54, 1.807) is 0 Å². The summed E-state index contributed by atoms with van der Waals surface area (Å²) in [5, 5.41) is 12.4. The zero-order chi connectivity index (χ0) is 21.8. The number of hydrogen-bond acceptors (Lipinski definition) is 4. The largest absolute Gasteiger partial charge is 0.352 e. The van der Waals surface area contributed by atoms with Gasteiger partial charge >= 0.3 is 6.03 Å². The first-order valence-corrected chi connectivity index (χ1v) is 10.9. The van der Waals surface area contributed by atoms with Crippen molar-refractivity contribution in [1.29, 1.82) is 0 Å². The maximum atomic E-state index is 12.6. The van der Waals surface area contributed by atoms with Crippen molar-refractivity contribution < 1.29 is 4.79 Å². The van der Waals surface area contributed by atoms with Gasteiger partial charge in [-0.25, -0.2) is 4.79 Å². The lowest BCUT2D eigenvalue weighted by molar-refractivity contribution is 0.208. The Balaban J connectivity index is 1.31. The van der Waals surface area contributed by atoms with Crippen molar-refractivity contribution in [3.05, 3.63) is 71.2 Å². The topological polar surface area (TPSA) is 61.4 Å². The number of hydrogen-bond donors (Lipinski definition) is 1. The summed E-state index contributed by atoms with van der Waals surface area (Å²) in [7, 11) is 0. The van der Waals surface area contributed by atoms with Gasteiger partial charge in [0.2, 0.25) is 0 Å². The molecule has 0 unspecified atom stereocenters. The van der Waals surface area contributed by atoms with Gasteiger partial charge in [0.05, 0.1) is 5.69 Å². The minimum Gasteiger partial charge on any atom is -0.352 e. The van der Waals surface area contributed by atoms with Gasteiger partial charge in [-0.3, -0.25) is 0 Å². The van der Waals surface area contributed by atoms with Gasteiger partial charge in [-0.1, -0.05) is 49.7 Å². The average molecular weight is 436 g/mol. The summed E-state index contributed by atoms with van der Waals surface area (Å²) >= 11 is 5.95. The van der Waals surface area contributed by atoms with E-state index in [9.17, 15) is 4.79 Å². The maximum absolute atomic E-state index is 12.6. The van der Waals surface area contributed by atoms with Crippen molar-refractivity contribution in [3.63, 3.8) is 0 Å². The van der Waals surface area contributed by atoms with Crippen LogP contribution in [0.3, 0.4) is 0 Å². The third-order valence-electron chi connectivity index (χ3n) is 5.51. The first-order valence-electron chi connectivity index (χ1n) is 10.5. The van der Waals surface area contributed by atoms with Gasteiger partial charge < -0.3 is 15.1 Å². The quantitative estimate of drug-likeness (QED) is 0.606. The minimum atomic E-state index is -0.0684. The minimum absolute atomic E-state index is 0.0684. The Morgan fingerprint density at radius 1 is 0.903 bits per heavy atom. The molecule has 1 saturated heterocycles. The number of amides is 2. The highest BCUT2D eigenvalue weighted by atomic mass is 35.5. The molecule has 6 nitrogen and oxygen atoms in total. The third-order valence-corrected chi connectivity index (χ3v) is 5.76. The Labute approximate surface area is 187 Å². The lowest BCUT2D eigenvalue weighted by Crippen LogP contribution is -2.50. The first-order chi connectivity index (χ1) is 15.0. The van der Waals surface area contributed by atoms with Crippen LogP contribution in [-0.2, 0) is 0 Å². The van der Waals surface area contributed by atoms with E-state index in [2.05, 4.69) is 46.4 Å². The van der Waals surface area contributed by atoms with E-state index in [0.29, 0.717) is 37.1 Å². The van der Waals surface area contributed by atoms with Crippen LogP contribution >= 0.6 is 11.6 Å². The van der Waals surface area contributed by atoms with E-state index in [4.69, 9.17) is 11.6 Å². The van der Waals surface area contributed by atoms with E-state index >= 15 is 0 Å². The molecule has 2 aromatic carbocycles. The van der Waals surface area contributed by atoms with Gasteiger partial charge in [0, 0.05) is 42.5 Å². The van der Waals surface area contributed by atoms with Crippen LogP contribution in [0.1, 0.15) is 25.3 Å². The van der Waals surface area contributed by atoms with Crippen molar-refractivity contribution in [1.82, 2.24) is 15.1 Å². The summed E-state index contributed by atoms with van der Waals surface area (Å²) in [4.78, 5) is 16.6. The van der Waals surface area contributed by atoms with Gasteiger partial charge in [-0.05, 0) is 47.9 Å². The van der Waals surface area contributed by atoms with E-state index < -0.39 is 0 Å². The lowest BCUT2D eigenvalue weighted by atomic mass is 10.0. The number of piperazine rings is 1. The predicted molar refractivity (Wildman–Crippen MR) is 126 cm³/mol. The smallest absolute Gasteiger partial charge is 0.321 e. The molecular weight excluding hydrogens is 410 g/mol. The molecule has 0 aliphatic carbocycles. The predicted octanol–water partition coefficient (Wildman–Crippen LogP) is 5.27. The Bertz CT molecular complexity index is 1010. The molecule has 0 bridgehead atoms. The molecule has 7 heteroatoms. The molecule has 1 aliphatic heterocycles. The van der Waals surface area contributed by atoms with Gasteiger partial charge in [0.1, 0.15) is 0 Å². The zero-order valence-electron chi connectivity index (χ0n) is 17.8. The van der Waals surface area contributed by atoms with Crippen molar-refractivity contribution in [2.24, 2.45) is 0 Å². The Kier molecular flexibility index (Phi) is 6.37. The number of nitrogens with one attached hydrogen (secondary N) is 1. The fraction of sp³-hybridized carbons (Fsp3) is 0.292. The highest BCUT2D eigenvalue weighted by Crippen LogP contribution is 2.22. The molecule has 160 valence electrons. The molecule has 2 heterocycles. The molecule has 1 aliphatic rings. The van der Waals surface area contributed by atoms with Crippen LogP contribution in [0.2, 0.25) is 5.02 Å². The molecule has 0 spiro atoms.